The second-order valence-electron chi connectivity index (χ2n) is 6.36. The monoisotopic (exact) mass is 336 g/mol. The topological polar surface area (TPSA) is 90.0 Å². The quantitative estimate of drug-likeness (QED) is 0.592. The molecule has 3 aromatic rings. The van der Waals surface area contributed by atoms with E-state index < -0.39 is 0 Å². The normalized spacial score (nSPS) is 15.4. The number of para-hydroxylation sites is 1. The van der Waals surface area contributed by atoms with Crippen LogP contribution in [0.2, 0.25) is 0 Å². The number of hydrogen-bond donors (Lipinski definition) is 4. The Morgan fingerprint density at radius 2 is 1.96 bits per heavy atom. The van der Waals surface area contributed by atoms with Crippen molar-refractivity contribution in [1.29, 1.82) is 0 Å². The number of carbonyl (C=O) groups excluding carboxylic acids is 1. The fourth-order valence-corrected chi connectivity index (χ4v) is 3.39. The van der Waals surface area contributed by atoms with Crippen LogP contribution in [0.5, 0.6) is 5.75 Å². The average molecular weight is 336 g/mol. The highest BCUT2D eigenvalue weighted by molar-refractivity contribution is 6.06. The molecular formula is C19H20N4O2. The summed E-state index contributed by atoms with van der Waals surface area (Å²) >= 11 is 0. The Kier molecular flexibility index (Phi) is 4.11. The maximum absolute atomic E-state index is 12.3. The van der Waals surface area contributed by atoms with Crippen LogP contribution < -0.4 is 10.6 Å². The van der Waals surface area contributed by atoms with Gasteiger partial charge in [0.05, 0.1) is 16.8 Å². The summed E-state index contributed by atoms with van der Waals surface area (Å²) in [6.07, 6.45) is 2.18. The van der Waals surface area contributed by atoms with Crippen molar-refractivity contribution in [3.63, 3.8) is 0 Å². The van der Waals surface area contributed by atoms with Crippen LogP contribution in [0.15, 0.2) is 42.5 Å². The van der Waals surface area contributed by atoms with Crippen LogP contribution >= 0.6 is 0 Å². The third kappa shape index (κ3) is 3.08. The summed E-state index contributed by atoms with van der Waals surface area (Å²) in [5.74, 6) is 0.100. The summed E-state index contributed by atoms with van der Waals surface area (Å²) in [5.41, 5.74) is 2.93. The van der Waals surface area contributed by atoms with E-state index in [1.807, 2.05) is 18.2 Å². The number of benzene rings is 2. The largest absolute Gasteiger partial charge is 0.507 e. The number of aromatic hydroxyl groups is 1. The predicted molar refractivity (Wildman–Crippen MR) is 97.0 cm³/mol. The van der Waals surface area contributed by atoms with E-state index >= 15 is 0 Å². The smallest absolute Gasteiger partial charge is 0.259 e. The standard InChI is InChI=1S/C19H20N4O2/c24-17-4-2-1-3-15(17)19(25)21-13-5-6-14-16(11-13)22-23-18(14)12-7-9-20-10-8-12/h1-6,11-12,20,24H,7-10H2,(H,21,25)(H,22,23). The van der Waals surface area contributed by atoms with E-state index in [4.69, 9.17) is 0 Å². The first-order chi connectivity index (χ1) is 12.2. The number of nitrogens with one attached hydrogen (secondary N) is 3. The van der Waals surface area contributed by atoms with Crippen molar-refractivity contribution < 1.29 is 9.90 Å². The maximum atomic E-state index is 12.3. The number of phenolic OH excluding ortho intramolecular Hbond substituents is 1. The van der Waals surface area contributed by atoms with Gasteiger partial charge >= 0.3 is 0 Å². The molecular weight excluding hydrogens is 316 g/mol. The first-order valence-corrected chi connectivity index (χ1v) is 8.50. The predicted octanol–water partition coefficient (Wildman–Crippen LogP) is 2.99. The van der Waals surface area contributed by atoms with Gasteiger partial charge in [0.2, 0.25) is 0 Å². The first-order valence-electron chi connectivity index (χ1n) is 8.50. The van der Waals surface area contributed by atoms with Crippen molar-refractivity contribution in [2.24, 2.45) is 0 Å². The lowest BCUT2D eigenvalue weighted by Gasteiger charge is -2.21. The van der Waals surface area contributed by atoms with Crippen LogP contribution in [-0.4, -0.2) is 34.3 Å². The number of piperidine rings is 1. The van der Waals surface area contributed by atoms with E-state index in [-0.39, 0.29) is 17.2 Å². The highest BCUT2D eigenvalue weighted by atomic mass is 16.3. The van der Waals surface area contributed by atoms with Gasteiger partial charge in [-0.2, -0.15) is 5.10 Å². The Balaban J connectivity index is 1.58. The van der Waals surface area contributed by atoms with Gasteiger partial charge in [-0.15, -0.1) is 0 Å². The number of fused-ring (bicyclic) bond motifs is 1. The fourth-order valence-electron chi connectivity index (χ4n) is 3.39. The number of nitrogens with zero attached hydrogens (tertiary/aromatic N) is 1. The van der Waals surface area contributed by atoms with Crippen molar-refractivity contribution in [2.75, 3.05) is 18.4 Å². The number of aromatic amines is 1. The molecule has 1 aliphatic heterocycles. The van der Waals surface area contributed by atoms with Gasteiger partial charge in [-0.1, -0.05) is 12.1 Å². The molecule has 0 bridgehead atoms. The molecule has 0 aliphatic carbocycles. The molecule has 0 saturated carbocycles. The van der Waals surface area contributed by atoms with Crippen LogP contribution in [0, 0.1) is 0 Å². The molecule has 1 aliphatic rings. The summed E-state index contributed by atoms with van der Waals surface area (Å²) in [6.45, 7) is 2.04. The number of hydrogen-bond acceptors (Lipinski definition) is 4. The van der Waals surface area contributed by atoms with Crippen molar-refractivity contribution in [3.05, 3.63) is 53.7 Å². The summed E-state index contributed by atoms with van der Waals surface area (Å²) in [6, 6.07) is 12.2. The summed E-state index contributed by atoms with van der Waals surface area (Å²) in [7, 11) is 0. The molecule has 6 nitrogen and oxygen atoms in total. The minimum Gasteiger partial charge on any atom is -0.507 e. The lowest BCUT2D eigenvalue weighted by molar-refractivity contribution is 0.102. The zero-order valence-electron chi connectivity index (χ0n) is 13.7. The molecule has 1 fully saturated rings. The highest BCUT2D eigenvalue weighted by Gasteiger charge is 2.20. The van der Waals surface area contributed by atoms with Crippen molar-refractivity contribution >= 4 is 22.5 Å². The van der Waals surface area contributed by atoms with Gasteiger partial charge in [-0.25, -0.2) is 0 Å². The van der Waals surface area contributed by atoms with E-state index in [1.165, 1.54) is 6.07 Å². The molecule has 4 N–H and O–H groups in total. The van der Waals surface area contributed by atoms with Gasteiger partial charge in [0.1, 0.15) is 5.75 Å². The van der Waals surface area contributed by atoms with E-state index in [9.17, 15) is 9.90 Å². The molecule has 0 radical (unpaired) electrons. The van der Waals surface area contributed by atoms with Gasteiger partial charge < -0.3 is 15.7 Å². The van der Waals surface area contributed by atoms with Crippen LogP contribution in [0.1, 0.15) is 34.8 Å². The van der Waals surface area contributed by atoms with E-state index in [0.29, 0.717) is 11.6 Å². The van der Waals surface area contributed by atoms with Crippen molar-refractivity contribution in [2.45, 2.75) is 18.8 Å². The molecule has 6 heteroatoms. The second kappa shape index (κ2) is 6.57. The van der Waals surface area contributed by atoms with E-state index in [1.54, 1.807) is 18.2 Å². The Morgan fingerprint density at radius 1 is 1.16 bits per heavy atom. The molecule has 1 saturated heterocycles. The Bertz CT molecular complexity index is 913. The highest BCUT2D eigenvalue weighted by Crippen LogP contribution is 2.30. The summed E-state index contributed by atoms with van der Waals surface area (Å²) in [4.78, 5) is 12.3. The number of aromatic nitrogens is 2. The van der Waals surface area contributed by atoms with Gasteiger partial charge in [-0.3, -0.25) is 9.89 Å². The first kappa shape index (κ1) is 15.7. The Morgan fingerprint density at radius 3 is 2.76 bits per heavy atom. The van der Waals surface area contributed by atoms with Gasteiger partial charge in [-0.05, 0) is 56.3 Å². The number of H-pyrrole nitrogens is 1. The van der Waals surface area contributed by atoms with Gasteiger partial charge in [0.25, 0.3) is 5.91 Å². The minimum absolute atomic E-state index is 0.0317. The molecule has 25 heavy (non-hydrogen) atoms. The molecule has 1 amide bonds. The maximum Gasteiger partial charge on any atom is 0.259 e. The molecule has 4 rings (SSSR count). The molecule has 0 unspecified atom stereocenters. The number of carbonyl (C=O) groups is 1. The lowest BCUT2D eigenvalue weighted by atomic mass is 9.92. The molecule has 0 spiro atoms. The van der Waals surface area contributed by atoms with Crippen molar-refractivity contribution in [1.82, 2.24) is 15.5 Å². The molecule has 0 atom stereocenters. The Hall–Kier alpha value is -2.86. The van der Waals surface area contributed by atoms with Gasteiger partial charge in [0, 0.05) is 17.0 Å². The van der Waals surface area contributed by atoms with Gasteiger partial charge in [0.15, 0.2) is 0 Å². The third-order valence-corrected chi connectivity index (χ3v) is 4.72. The number of rotatable bonds is 3. The average Bonchev–Trinajstić information content (AvgIpc) is 3.06. The number of anilines is 1. The van der Waals surface area contributed by atoms with Crippen LogP contribution in [0.4, 0.5) is 5.69 Å². The van der Waals surface area contributed by atoms with E-state index in [2.05, 4.69) is 20.8 Å². The summed E-state index contributed by atoms with van der Waals surface area (Å²) in [5, 5.41) is 24.7. The van der Waals surface area contributed by atoms with E-state index in [0.717, 1.165) is 42.5 Å². The lowest BCUT2D eigenvalue weighted by Crippen LogP contribution is -2.26. The third-order valence-electron chi connectivity index (χ3n) is 4.72. The summed E-state index contributed by atoms with van der Waals surface area (Å²) < 4.78 is 0. The Labute approximate surface area is 145 Å². The fraction of sp³-hybridized carbons (Fsp3) is 0.263. The van der Waals surface area contributed by atoms with Crippen molar-refractivity contribution in [3.8, 4) is 5.75 Å². The second-order valence-corrected chi connectivity index (χ2v) is 6.36. The SMILES string of the molecule is O=C(Nc1ccc2c(C3CCNCC3)n[nH]c2c1)c1ccccc1O. The minimum atomic E-state index is -0.337. The molecule has 2 heterocycles. The zero-order valence-corrected chi connectivity index (χ0v) is 13.7. The number of amides is 1. The molecule has 2 aromatic carbocycles. The number of phenols is 1. The van der Waals surface area contributed by atoms with Crippen LogP contribution in [0.3, 0.4) is 0 Å². The van der Waals surface area contributed by atoms with Crippen LogP contribution in [-0.2, 0) is 0 Å². The molecule has 1 aromatic heterocycles. The molecule has 128 valence electrons. The van der Waals surface area contributed by atoms with Crippen LogP contribution in [0.25, 0.3) is 10.9 Å². The zero-order chi connectivity index (χ0) is 17.2.